The summed E-state index contributed by atoms with van der Waals surface area (Å²) in [5, 5.41) is 2.90. The number of nitrogens with one attached hydrogen (secondary N) is 1. The molecule has 26 heavy (non-hydrogen) atoms. The zero-order valence-electron chi connectivity index (χ0n) is 15.3. The number of hydrogen-bond donors (Lipinski definition) is 1. The van der Waals surface area contributed by atoms with E-state index in [1.807, 2.05) is 36.4 Å². The fraction of sp³-hybridized carbons (Fsp3) is 0.381. The molecule has 0 bridgehead atoms. The second-order valence-electron chi connectivity index (χ2n) is 6.58. The summed E-state index contributed by atoms with van der Waals surface area (Å²) in [5.74, 6) is 2.82. The minimum Gasteiger partial charge on any atom is -0.491 e. The number of para-hydroxylation sites is 1. The number of hydrogen-bond acceptors (Lipinski definition) is 4. The first-order valence-electron chi connectivity index (χ1n) is 9.00. The lowest BCUT2D eigenvalue weighted by atomic mass is 10.0. The maximum atomic E-state index is 12.0. The van der Waals surface area contributed by atoms with Crippen LogP contribution >= 0.6 is 0 Å². The maximum Gasteiger partial charge on any atom is 0.231 e. The molecule has 5 heteroatoms. The molecule has 1 aliphatic heterocycles. The third-order valence-electron chi connectivity index (χ3n) is 4.30. The van der Waals surface area contributed by atoms with Crippen molar-refractivity contribution in [2.24, 2.45) is 0 Å². The van der Waals surface area contributed by atoms with Crippen LogP contribution in [0.1, 0.15) is 37.3 Å². The molecule has 0 fully saturated rings. The molecule has 0 spiro atoms. The van der Waals surface area contributed by atoms with Crippen LogP contribution in [-0.4, -0.2) is 25.9 Å². The molecular formula is C21H25NO4. The Morgan fingerprint density at radius 3 is 2.81 bits per heavy atom. The Kier molecular flexibility index (Phi) is 6.00. The molecule has 1 amide bonds. The molecule has 0 atom stereocenters. The van der Waals surface area contributed by atoms with E-state index < -0.39 is 0 Å². The quantitative estimate of drug-likeness (QED) is 0.734. The number of ether oxygens (including phenoxy) is 3. The molecule has 2 aromatic rings. The molecule has 1 heterocycles. The number of carbonyl (C=O) groups excluding carboxylic acids is 1. The highest BCUT2D eigenvalue weighted by Crippen LogP contribution is 2.32. The second kappa shape index (κ2) is 8.61. The normalized spacial score (nSPS) is 12.3. The molecule has 2 aromatic carbocycles. The summed E-state index contributed by atoms with van der Waals surface area (Å²) in [5.41, 5.74) is 2.24. The molecule has 0 aliphatic carbocycles. The van der Waals surface area contributed by atoms with Crippen molar-refractivity contribution >= 4 is 5.91 Å². The third kappa shape index (κ3) is 4.69. The summed E-state index contributed by atoms with van der Waals surface area (Å²) in [6.07, 6.45) is 1.10. The Hall–Kier alpha value is -2.69. The number of aryl methyl sites for hydroxylation is 1. The van der Waals surface area contributed by atoms with E-state index in [4.69, 9.17) is 14.2 Å². The van der Waals surface area contributed by atoms with E-state index in [1.165, 1.54) is 5.56 Å². The molecule has 5 nitrogen and oxygen atoms in total. The summed E-state index contributed by atoms with van der Waals surface area (Å²) in [6, 6.07) is 13.8. The molecule has 0 aromatic heterocycles. The lowest BCUT2D eigenvalue weighted by molar-refractivity contribution is -0.121. The van der Waals surface area contributed by atoms with Gasteiger partial charge in [-0.25, -0.2) is 0 Å². The minimum atomic E-state index is 0.0170. The zero-order chi connectivity index (χ0) is 18.4. The molecule has 1 N–H and O–H groups in total. The van der Waals surface area contributed by atoms with Crippen molar-refractivity contribution in [2.75, 3.05) is 19.9 Å². The van der Waals surface area contributed by atoms with Gasteiger partial charge < -0.3 is 19.5 Å². The average Bonchev–Trinajstić information content (AvgIpc) is 3.11. The van der Waals surface area contributed by atoms with E-state index in [2.05, 4.69) is 25.2 Å². The van der Waals surface area contributed by atoms with Crippen LogP contribution in [0.15, 0.2) is 42.5 Å². The molecule has 0 radical (unpaired) electrons. The van der Waals surface area contributed by atoms with Crippen molar-refractivity contribution in [3.63, 3.8) is 0 Å². The largest absolute Gasteiger partial charge is 0.491 e. The van der Waals surface area contributed by atoms with Gasteiger partial charge in [0.15, 0.2) is 11.5 Å². The first-order valence-corrected chi connectivity index (χ1v) is 9.00. The van der Waals surface area contributed by atoms with Crippen LogP contribution in [0.3, 0.4) is 0 Å². The fourth-order valence-corrected chi connectivity index (χ4v) is 2.88. The lowest BCUT2D eigenvalue weighted by Gasteiger charge is -2.14. The molecule has 3 rings (SSSR count). The third-order valence-corrected chi connectivity index (χ3v) is 4.30. The van der Waals surface area contributed by atoms with E-state index in [1.54, 1.807) is 0 Å². The van der Waals surface area contributed by atoms with Gasteiger partial charge in [-0.2, -0.15) is 0 Å². The minimum absolute atomic E-state index is 0.0170. The van der Waals surface area contributed by atoms with Crippen molar-refractivity contribution in [3.8, 4) is 17.2 Å². The number of amides is 1. The van der Waals surface area contributed by atoms with E-state index in [9.17, 15) is 4.79 Å². The average molecular weight is 355 g/mol. The van der Waals surface area contributed by atoms with Crippen molar-refractivity contribution in [1.29, 1.82) is 0 Å². The predicted octanol–water partition coefficient (Wildman–Crippen LogP) is 3.67. The fourth-order valence-electron chi connectivity index (χ4n) is 2.88. The van der Waals surface area contributed by atoms with Crippen LogP contribution in [0.2, 0.25) is 0 Å². The molecule has 0 unspecified atom stereocenters. The Balaban J connectivity index is 1.38. The highest BCUT2D eigenvalue weighted by Gasteiger charge is 2.13. The Morgan fingerprint density at radius 1 is 1.15 bits per heavy atom. The Labute approximate surface area is 154 Å². The van der Waals surface area contributed by atoms with Crippen LogP contribution in [0, 0.1) is 0 Å². The van der Waals surface area contributed by atoms with Crippen molar-refractivity contribution in [2.45, 2.75) is 32.6 Å². The van der Waals surface area contributed by atoms with Gasteiger partial charge in [0.25, 0.3) is 0 Å². The van der Waals surface area contributed by atoms with Gasteiger partial charge in [0.05, 0.1) is 6.54 Å². The number of rotatable bonds is 8. The van der Waals surface area contributed by atoms with Crippen LogP contribution < -0.4 is 19.5 Å². The maximum absolute atomic E-state index is 12.0. The highest BCUT2D eigenvalue weighted by molar-refractivity contribution is 5.76. The van der Waals surface area contributed by atoms with Crippen molar-refractivity contribution in [1.82, 2.24) is 5.32 Å². The van der Waals surface area contributed by atoms with Gasteiger partial charge >= 0.3 is 0 Å². The van der Waals surface area contributed by atoms with Crippen LogP contribution in [0.5, 0.6) is 17.2 Å². The van der Waals surface area contributed by atoms with Crippen LogP contribution in [0.4, 0.5) is 0 Å². The second-order valence-corrected chi connectivity index (χ2v) is 6.58. The highest BCUT2D eigenvalue weighted by atomic mass is 16.7. The van der Waals surface area contributed by atoms with Crippen molar-refractivity contribution < 1.29 is 19.0 Å². The first-order chi connectivity index (χ1) is 12.6. The summed E-state index contributed by atoms with van der Waals surface area (Å²) in [7, 11) is 0. The standard InChI is InChI=1S/C21H25NO4/c1-15(2)17-5-3-4-6-18(17)24-12-11-22-21(23)10-8-16-7-9-19-20(13-16)26-14-25-19/h3-7,9,13,15H,8,10-12,14H2,1-2H3,(H,22,23). The van der Waals surface area contributed by atoms with Gasteiger partial charge in [-0.3, -0.25) is 4.79 Å². The number of benzene rings is 2. The molecule has 0 saturated carbocycles. The molecular weight excluding hydrogens is 330 g/mol. The van der Waals surface area contributed by atoms with Gasteiger partial charge in [-0.05, 0) is 41.7 Å². The van der Waals surface area contributed by atoms with E-state index >= 15 is 0 Å². The summed E-state index contributed by atoms with van der Waals surface area (Å²) in [4.78, 5) is 12.0. The smallest absolute Gasteiger partial charge is 0.231 e. The van der Waals surface area contributed by atoms with Crippen LogP contribution in [0.25, 0.3) is 0 Å². The van der Waals surface area contributed by atoms with E-state index in [0.717, 1.165) is 22.8 Å². The Morgan fingerprint density at radius 2 is 1.96 bits per heavy atom. The van der Waals surface area contributed by atoms with Crippen LogP contribution in [-0.2, 0) is 11.2 Å². The van der Waals surface area contributed by atoms with E-state index in [0.29, 0.717) is 31.9 Å². The summed E-state index contributed by atoms with van der Waals surface area (Å²) < 4.78 is 16.5. The van der Waals surface area contributed by atoms with Gasteiger partial charge in [0.2, 0.25) is 12.7 Å². The first kappa shape index (κ1) is 18.1. The van der Waals surface area contributed by atoms with Gasteiger partial charge in [-0.1, -0.05) is 38.1 Å². The van der Waals surface area contributed by atoms with Gasteiger partial charge in [-0.15, -0.1) is 0 Å². The number of carbonyl (C=O) groups is 1. The monoisotopic (exact) mass is 355 g/mol. The predicted molar refractivity (Wildman–Crippen MR) is 99.9 cm³/mol. The Bertz CT molecular complexity index is 757. The molecule has 138 valence electrons. The topological polar surface area (TPSA) is 56.8 Å². The lowest BCUT2D eigenvalue weighted by Crippen LogP contribution is -2.28. The number of fused-ring (bicyclic) bond motifs is 1. The SMILES string of the molecule is CC(C)c1ccccc1OCCNC(=O)CCc1ccc2c(c1)OCO2. The van der Waals surface area contributed by atoms with Gasteiger partial charge in [0.1, 0.15) is 12.4 Å². The van der Waals surface area contributed by atoms with Crippen molar-refractivity contribution in [3.05, 3.63) is 53.6 Å². The molecule has 0 saturated heterocycles. The van der Waals surface area contributed by atoms with E-state index in [-0.39, 0.29) is 12.7 Å². The zero-order valence-corrected chi connectivity index (χ0v) is 15.3. The van der Waals surface area contributed by atoms with Gasteiger partial charge in [0, 0.05) is 6.42 Å². The summed E-state index contributed by atoms with van der Waals surface area (Å²) in [6.45, 7) is 5.49. The summed E-state index contributed by atoms with van der Waals surface area (Å²) >= 11 is 0. The molecule has 1 aliphatic rings.